The van der Waals surface area contributed by atoms with Crippen LogP contribution in [0.5, 0.6) is 0 Å². The molecule has 1 amide bonds. The van der Waals surface area contributed by atoms with E-state index in [0.29, 0.717) is 23.0 Å². The van der Waals surface area contributed by atoms with Crippen molar-refractivity contribution in [2.75, 3.05) is 5.32 Å². The Bertz CT molecular complexity index is 939. The fourth-order valence-electron chi connectivity index (χ4n) is 3.04. The van der Waals surface area contributed by atoms with Gasteiger partial charge in [0.05, 0.1) is 11.4 Å². The van der Waals surface area contributed by atoms with E-state index >= 15 is 0 Å². The van der Waals surface area contributed by atoms with Gasteiger partial charge in [0.2, 0.25) is 5.91 Å². The molecule has 0 aromatic carbocycles. The van der Waals surface area contributed by atoms with E-state index in [9.17, 15) is 14.7 Å². The molecule has 0 saturated carbocycles. The van der Waals surface area contributed by atoms with E-state index in [1.54, 1.807) is 17.6 Å². The number of carboxylic acids is 1. The molecule has 122 valence electrons. The Morgan fingerprint density at radius 2 is 2.38 bits per heavy atom. The van der Waals surface area contributed by atoms with Gasteiger partial charge in [-0.25, -0.2) is 4.79 Å². The van der Waals surface area contributed by atoms with Gasteiger partial charge < -0.3 is 14.9 Å². The van der Waals surface area contributed by atoms with E-state index < -0.39 is 5.97 Å². The minimum atomic E-state index is -1.10. The molecule has 0 unspecified atom stereocenters. The van der Waals surface area contributed by atoms with Gasteiger partial charge in [0.1, 0.15) is 11.3 Å². The molecule has 1 aliphatic heterocycles. The first-order valence-electron chi connectivity index (χ1n) is 7.28. The van der Waals surface area contributed by atoms with Crippen LogP contribution in [0.2, 0.25) is 0 Å². The Hall–Kier alpha value is -2.87. The van der Waals surface area contributed by atoms with Crippen LogP contribution in [-0.2, 0) is 4.79 Å². The molecule has 0 fully saturated rings. The van der Waals surface area contributed by atoms with Gasteiger partial charge in [0.15, 0.2) is 5.82 Å². The summed E-state index contributed by atoms with van der Waals surface area (Å²) in [6.07, 6.45) is 1.74. The number of carbonyl (C=O) groups is 2. The van der Waals surface area contributed by atoms with Gasteiger partial charge in [-0.2, -0.15) is 11.3 Å². The number of rotatable bonds is 3. The molecule has 1 aliphatic rings. The largest absolute Gasteiger partial charge is 0.478 e. The number of aromatic carboxylic acids is 1. The SMILES string of the molecule is Cc1cc(-n2cc(C(=O)O)c3c2[C@H](c2ccsc2)CC(=O)N3)no1. The van der Waals surface area contributed by atoms with Crippen molar-refractivity contribution in [3.63, 3.8) is 0 Å². The number of nitrogens with one attached hydrogen (secondary N) is 1. The van der Waals surface area contributed by atoms with Crippen molar-refractivity contribution >= 4 is 28.9 Å². The molecule has 24 heavy (non-hydrogen) atoms. The van der Waals surface area contributed by atoms with Crippen LogP contribution >= 0.6 is 11.3 Å². The second-order valence-electron chi connectivity index (χ2n) is 5.64. The first-order chi connectivity index (χ1) is 11.5. The van der Waals surface area contributed by atoms with Crippen molar-refractivity contribution < 1.29 is 19.2 Å². The second-order valence-corrected chi connectivity index (χ2v) is 6.42. The maximum Gasteiger partial charge on any atom is 0.339 e. The van der Waals surface area contributed by atoms with Crippen LogP contribution in [0.15, 0.2) is 33.6 Å². The van der Waals surface area contributed by atoms with Crippen molar-refractivity contribution in [3.05, 3.63) is 51.7 Å². The summed E-state index contributed by atoms with van der Waals surface area (Å²) in [7, 11) is 0. The fraction of sp³-hybridized carbons (Fsp3) is 0.188. The molecule has 7 nitrogen and oxygen atoms in total. The molecule has 0 saturated heterocycles. The zero-order valence-corrected chi connectivity index (χ0v) is 13.5. The highest BCUT2D eigenvalue weighted by atomic mass is 32.1. The molecule has 4 rings (SSSR count). The van der Waals surface area contributed by atoms with Gasteiger partial charge in [0.25, 0.3) is 0 Å². The van der Waals surface area contributed by atoms with Gasteiger partial charge in [-0.1, -0.05) is 5.16 Å². The summed E-state index contributed by atoms with van der Waals surface area (Å²) in [6, 6.07) is 3.68. The van der Waals surface area contributed by atoms with E-state index in [0.717, 1.165) is 5.56 Å². The Morgan fingerprint density at radius 1 is 1.54 bits per heavy atom. The Balaban J connectivity index is 1.98. The monoisotopic (exact) mass is 343 g/mol. The molecule has 3 aromatic heterocycles. The van der Waals surface area contributed by atoms with Crippen molar-refractivity contribution in [2.24, 2.45) is 0 Å². The lowest BCUT2D eigenvalue weighted by Gasteiger charge is -2.24. The number of anilines is 1. The zero-order valence-electron chi connectivity index (χ0n) is 12.6. The highest BCUT2D eigenvalue weighted by molar-refractivity contribution is 7.08. The number of nitrogens with zero attached hydrogens (tertiary/aromatic N) is 2. The molecular formula is C16H13N3O4S. The van der Waals surface area contributed by atoms with Crippen molar-refractivity contribution in [2.45, 2.75) is 19.3 Å². The van der Waals surface area contributed by atoms with Crippen LogP contribution in [0.1, 0.15) is 39.7 Å². The highest BCUT2D eigenvalue weighted by Crippen LogP contribution is 2.41. The van der Waals surface area contributed by atoms with Gasteiger partial charge in [0, 0.05) is 24.6 Å². The molecule has 0 radical (unpaired) electrons. The number of carboxylic acid groups (broad SMARTS) is 1. The number of aromatic nitrogens is 2. The van der Waals surface area contributed by atoms with Crippen LogP contribution in [0, 0.1) is 6.92 Å². The average molecular weight is 343 g/mol. The Morgan fingerprint density at radius 3 is 3.00 bits per heavy atom. The minimum absolute atomic E-state index is 0.0407. The molecule has 0 aliphatic carbocycles. The van der Waals surface area contributed by atoms with Gasteiger partial charge in [-0.15, -0.1) is 0 Å². The molecule has 0 spiro atoms. The maximum absolute atomic E-state index is 12.1. The molecule has 8 heteroatoms. The predicted octanol–water partition coefficient (Wildman–Crippen LogP) is 3.01. The van der Waals surface area contributed by atoms with E-state index in [2.05, 4.69) is 10.5 Å². The number of hydrogen-bond donors (Lipinski definition) is 2. The summed E-state index contributed by atoms with van der Waals surface area (Å²) in [5.41, 5.74) is 2.06. The molecule has 1 atom stereocenters. The van der Waals surface area contributed by atoms with Crippen LogP contribution in [0.25, 0.3) is 5.82 Å². The molecular weight excluding hydrogens is 330 g/mol. The van der Waals surface area contributed by atoms with Gasteiger partial charge in [-0.05, 0) is 29.3 Å². The quantitative estimate of drug-likeness (QED) is 0.762. The lowest BCUT2D eigenvalue weighted by atomic mass is 9.90. The minimum Gasteiger partial charge on any atom is -0.478 e. The third-order valence-corrected chi connectivity index (χ3v) is 4.77. The van der Waals surface area contributed by atoms with E-state index in [1.807, 2.05) is 16.8 Å². The van der Waals surface area contributed by atoms with Crippen molar-refractivity contribution in [3.8, 4) is 5.82 Å². The molecule has 4 heterocycles. The van der Waals surface area contributed by atoms with Gasteiger partial charge >= 0.3 is 5.97 Å². The fourth-order valence-corrected chi connectivity index (χ4v) is 3.75. The van der Waals surface area contributed by atoms with E-state index in [-0.39, 0.29) is 23.8 Å². The molecule has 2 N–H and O–H groups in total. The van der Waals surface area contributed by atoms with Crippen LogP contribution in [0.3, 0.4) is 0 Å². The first-order valence-corrected chi connectivity index (χ1v) is 8.23. The lowest BCUT2D eigenvalue weighted by Crippen LogP contribution is -2.25. The zero-order chi connectivity index (χ0) is 16.8. The summed E-state index contributed by atoms with van der Waals surface area (Å²) in [5, 5.41) is 20.1. The number of hydrogen-bond acceptors (Lipinski definition) is 5. The summed E-state index contributed by atoms with van der Waals surface area (Å²) in [6.45, 7) is 1.77. The third kappa shape index (κ3) is 2.23. The summed E-state index contributed by atoms with van der Waals surface area (Å²) >= 11 is 1.54. The number of fused-ring (bicyclic) bond motifs is 1. The molecule has 0 bridgehead atoms. The standard InChI is InChI=1S/C16H13N3O4S/c1-8-4-12(18-23-8)19-6-11(16(21)22)14-15(19)10(5-13(20)17-14)9-2-3-24-7-9/h2-4,6-7,10H,5H2,1H3,(H,17,20)(H,21,22)/t10-/m0/s1. The number of carbonyl (C=O) groups excluding carboxylic acids is 1. The van der Waals surface area contributed by atoms with Crippen molar-refractivity contribution in [1.82, 2.24) is 9.72 Å². The third-order valence-electron chi connectivity index (χ3n) is 4.07. The number of aryl methyl sites for hydroxylation is 1. The topological polar surface area (TPSA) is 97.4 Å². The first kappa shape index (κ1) is 14.7. The number of thiophene rings is 1. The summed E-state index contributed by atoms with van der Waals surface area (Å²) in [4.78, 5) is 23.7. The van der Waals surface area contributed by atoms with Crippen LogP contribution in [-0.4, -0.2) is 26.7 Å². The Kier molecular flexibility index (Phi) is 3.27. The predicted molar refractivity (Wildman–Crippen MR) is 86.9 cm³/mol. The smallest absolute Gasteiger partial charge is 0.339 e. The van der Waals surface area contributed by atoms with Crippen LogP contribution < -0.4 is 5.32 Å². The highest BCUT2D eigenvalue weighted by Gasteiger charge is 2.35. The van der Waals surface area contributed by atoms with E-state index in [1.165, 1.54) is 17.5 Å². The summed E-state index contributed by atoms with van der Waals surface area (Å²) < 4.78 is 6.81. The maximum atomic E-state index is 12.1. The average Bonchev–Trinajstić information content (AvgIpc) is 3.24. The van der Waals surface area contributed by atoms with Gasteiger partial charge in [-0.3, -0.25) is 9.36 Å². The normalized spacial score (nSPS) is 16.7. The van der Waals surface area contributed by atoms with Crippen molar-refractivity contribution in [1.29, 1.82) is 0 Å². The Labute approximate surface area is 140 Å². The lowest BCUT2D eigenvalue weighted by molar-refractivity contribution is -0.116. The molecule has 3 aromatic rings. The van der Waals surface area contributed by atoms with E-state index in [4.69, 9.17) is 4.52 Å². The summed E-state index contributed by atoms with van der Waals surface area (Å²) in [5.74, 6) is -0.416. The van der Waals surface area contributed by atoms with Crippen LogP contribution in [0.4, 0.5) is 5.69 Å². The second kappa shape index (κ2) is 5.34. The number of amides is 1.